The first kappa shape index (κ1) is 19.8. The molecule has 6 nitrogen and oxygen atoms in total. The number of aromatic nitrogens is 4. The number of ether oxygens (including phenoxy) is 2. The van der Waals surface area contributed by atoms with Crippen molar-refractivity contribution in [2.75, 3.05) is 14.2 Å². The molecule has 5 aromatic rings. The van der Waals surface area contributed by atoms with E-state index in [0.29, 0.717) is 12.2 Å². The van der Waals surface area contributed by atoms with Gasteiger partial charge in [-0.05, 0) is 28.8 Å². The van der Waals surface area contributed by atoms with Gasteiger partial charge in [-0.25, -0.2) is 9.50 Å². The molecule has 5 rings (SSSR count). The Morgan fingerprint density at radius 3 is 2.22 bits per heavy atom. The molecule has 2 aromatic heterocycles. The highest BCUT2D eigenvalue weighted by atomic mass is 16.5. The number of methoxy groups -OCH3 is 2. The van der Waals surface area contributed by atoms with Gasteiger partial charge in [-0.15, -0.1) is 0 Å². The third-order valence-corrected chi connectivity index (χ3v) is 5.34. The topological polar surface area (TPSA) is 61.5 Å². The molecule has 158 valence electrons. The molecule has 0 N–H and O–H groups in total. The fourth-order valence-corrected chi connectivity index (χ4v) is 3.84. The van der Waals surface area contributed by atoms with Gasteiger partial charge in [0.25, 0.3) is 0 Å². The number of fused-ring (bicyclic) bond motifs is 1. The van der Waals surface area contributed by atoms with Crippen molar-refractivity contribution in [2.24, 2.45) is 0 Å². The molecule has 0 amide bonds. The maximum absolute atomic E-state index is 5.39. The average molecular weight is 422 g/mol. The quantitative estimate of drug-likeness (QED) is 0.382. The first-order chi connectivity index (χ1) is 15.7. The molecule has 0 saturated carbocycles. The van der Waals surface area contributed by atoms with E-state index in [4.69, 9.17) is 19.6 Å². The molecule has 0 aliphatic carbocycles. The Morgan fingerprint density at radius 2 is 1.50 bits per heavy atom. The van der Waals surface area contributed by atoms with E-state index in [9.17, 15) is 0 Å². The molecule has 0 radical (unpaired) electrons. The molecule has 0 atom stereocenters. The normalized spacial score (nSPS) is 10.9. The van der Waals surface area contributed by atoms with E-state index in [1.54, 1.807) is 24.9 Å². The Bertz CT molecular complexity index is 1360. The fourth-order valence-electron chi connectivity index (χ4n) is 3.84. The summed E-state index contributed by atoms with van der Waals surface area (Å²) in [5.74, 6) is 2.18. The summed E-state index contributed by atoms with van der Waals surface area (Å²) in [5.41, 5.74) is 5.79. The van der Waals surface area contributed by atoms with Crippen LogP contribution in [-0.2, 0) is 6.42 Å². The van der Waals surface area contributed by atoms with Gasteiger partial charge in [0.05, 0.1) is 14.2 Å². The zero-order valence-corrected chi connectivity index (χ0v) is 17.9. The number of benzene rings is 3. The van der Waals surface area contributed by atoms with Crippen molar-refractivity contribution < 1.29 is 9.47 Å². The summed E-state index contributed by atoms with van der Waals surface area (Å²) in [6.45, 7) is 0. The molecular formula is C26H22N4O2. The molecule has 3 aromatic carbocycles. The minimum atomic E-state index is 0.551. The van der Waals surface area contributed by atoms with Crippen LogP contribution in [-0.4, -0.2) is 33.8 Å². The Kier molecular flexibility index (Phi) is 5.25. The molecule has 0 saturated heterocycles. The first-order valence-electron chi connectivity index (χ1n) is 10.3. The van der Waals surface area contributed by atoms with Crippen LogP contribution in [0.3, 0.4) is 0 Å². The minimum Gasteiger partial charge on any atom is -0.497 e. The first-order valence-corrected chi connectivity index (χ1v) is 10.3. The SMILES string of the molecule is COc1cc(Cc2nc3c(-c4ccccc4-c4ccccc4)nccn3n2)cc(OC)c1. The largest absolute Gasteiger partial charge is 0.497 e. The third kappa shape index (κ3) is 3.78. The van der Waals surface area contributed by atoms with E-state index in [-0.39, 0.29) is 0 Å². The van der Waals surface area contributed by atoms with E-state index in [0.717, 1.165) is 45.1 Å². The minimum absolute atomic E-state index is 0.551. The van der Waals surface area contributed by atoms with Crippen LogP contribution < -0.4 is 9.47 Å². The van der Waals surface area contributed by atoms with Gasteiger partial charge >= 0.3 is 0 Å². The monoisotopic (exact) mass is 422 g/mol. The standard InChI is InChI=1S/C26H22N4O2/c1-31-20-14-18(15-21(17-20)32-2)16-24-28-26-25(27-12-13-30(26)29-24)23-11-7-6-10-22(23)19-8-4-3-5-9-19/h3-15,17H,16H2,1-2H3. The van der Waals surface area contributed by atoms with Gasteiger partial charge in [0.2, 0.25) is 0 Å². The van der Waals surface area contributed by atoms with E-state index in [1.807, 2.05) is 54.7 Å². The third-order valence-electron chi connectivity index (χ3n) is 5.34. The van der Waals surface area contributed by atoms with E-state index in [1.165, 1.54) is 0 Å². The highest BCUT2D eigenvalue weighted by molar-refractivity contribution is 5.86. The Morgan fingerprint density at radius 1 is 0.812 bits per heavy atom. The van der Waals surface area contributed by atoms with Crippen molar-refractivity contribution >= 4 is 5.65 Å². The maximum Gasteiger partial charge on any atom is 0.181 e. The van der Waals surface area contributed by atoms with Crippen LogP contribution in [0.2, 0.25) is 0 Å². The van der Waals surface area contributed by atoms with Crippen LogP contribution in [0, 0.1) is 0 Å². The molecule has 0 spiro atoms. The van der Waals surface area contributed by atoms with Crippen molar-refractivity contribution in [1.29, 1.82) is 0 Å². The maximum atomic E-state index is 5.39. The smallest absolute Gasteiger partial charge is 0.181 e. The molecule has 32 heavy (non-hydrogen) atoms. The van der Waals surface area contributed by atoms with Crippen LogP contribution >= 0.6 is 0 Å². The molecule has 2 heterocycles. The summed E-state index contributed by atoms with van der Waals surface area (Å²) >= 11 is 0. The number of hydrogen-bond acceptors (Lipinski definition) is 5. The Hall–Kier alpha value is -4.19. The predicted molar refractivity (Wildman–Crippen MR) is 124 cm³/mol. The summed E-state index contributed by atoms with van der Waals surface area (Å²) in [5, 5.41) is 4.69. The molecule has 0 unspecified atom stereocenters. The van der Waals surface area contributed by atoms with Crippen molar-refractivity contribution in [1.82, 2.24) is 19.6 Å². The second-order valence-electron chi connectivity index (χ2n) is 7.38. The summed E-state index contributed by atoms with van der Waals surface area (Å²) < 4.78 is 12.6. The van der Waals surface area contributed by atoms with Crippen LogP contribution in [0.1, 0.15) is 11.4 Å². The van der Waals surface area contributed by atoms with E-state index in [2.05, 4.69) is 29.2 Å². The lowest BCUT2D eigenvalue weighted by atomic mass is 9.98. The molecule has 0 fully saturated rings. The molecule has 6 heteroatoms. The number of hydrogen-bond donors (Lipinski definition) is 0. The molecule has 0 aliphatic rings. The molecular weight excluding hydrogens is 400 g/mol. The highest BCUT2D eigenvalue weighted by Gasteiger charge is 2.15. The van der Waals surface area contributed by atoms with Gasteiger partial charge in [-0.3, -0.25) is 4.98 Å². The van der Waals surface area contributed by atoms with Crippen molar-refractivity contribution in [3.05, 3.63) is 96.6 Å². The van der Waals surface area contributed by atoms with Crippen molar-refractivity contribution in [2.45, 2.75) is 6.42 Å². The lowest BCUT2D eigenvalue weighted by Gasteiger charge is -2.09. The zero-order chi connectivity index (χ0) is 21.9. The summed E-state index contributed by atoms with van der Waals surface area (Å²) in [6, 6.07) is 24.3. The number of nitrogens with zero attached hydrogens (tertiary/aromatic N) is 4. The van der Waals surface area contributed by atoms with Crippen molar-refractivity contribution in [3.63, 3.8) is 0 Å². The van der Waals surface area contributed by atoms with Crippen molar-refractivity contribution in [3.8, 4) is 33.9 Å². The van der Waals surface area contributed by atoms with E-state index < -0.39 is 0 Å². The van der Waals surface area contributed by atoms with Gasteiger partial charge in [0, 0.05) is 30.4 Å². The Balaban J connectivity index is 1.58. The summed E-state index contributed by atoms with van der Waals surface area (Å²) in [4.78, 5) is 9.51. The lowest BCUT2D eigenvalue weighted by molar-refractivity contribution is 0.393. The van der Waals surface area contributed by atoms with Crippen LogP contribution in [0.15, 0.2) is 85.2 Å². The Labute approximate surface area is 186 Å². The van der Waals surface area contributed by atoms with Crippen LogP contribution in [0.5, 0.6) is 11.5 Å². The second kappa shape index (κ2) is 8.51. The van der Waals surface area contributed by atoms with Crippen LogP contribution in [0.4, 0.5) is 0 Å². The molecule has 0 bridgehead atoms. The highest BCUT2D eigenvalue weighted by Crippen LogP contribution is 2.32. The van der Waals surface area contributed by atoms with Gasteiger partial charge < -0.3 is 9.47 Å². The second-order valence-corrected chi connectivity index (χ2v) is 7.38. The fraction of sp³-hybridized carbons (Fsp3) is 0.115. The zero-order valence-electron chi connectivity index (χ0n) is 17.9. The lowest BCUT2D eigenvalue weighted by Crippen LogP contribution is -1.95. The van der Waals surface area contributed by atoms with Gasteiger partial charge in [0.15, 0.2) is 11.5 Å². The van der Waals surface area contributed by atoms with Gasteiger partial charge in [-0.2, -0.15) is 5.10 Å². The predicted octanol–water partition coefficient (Wildman–Crippen LogP) is 5.07. The van der Waals surface area contributed by atoms with Gasteiger partial charge in [0.1, 0.15) is 17.2 Å². The molecule has 0 aliphatic heterocycles. The number of rotatable bonds is 6. The van der Waals surface area contributed by atoms with Crippen LogP contribution in [0.25, 0.3) is 28.0 Å². The van der Waals surface area contributed by atoms with Gasteiger partial charge in [-0.1, -0.05) is 54.6 Å². The average Bonchev–Trinajstić information content (AvgIpc) is 3.26. The van der Waals surface area contributed by atoms with E-state index >= 15 is 0 Å². The summed E-state index contributed by atoms with van der Waals surface area (Å²) in [7, 11) is 3.29. The summed E-state index contributed by atoms with van der Waals surface area (Å²) in [6.07, 6.45) is 4.14.